The average molecular weight is 389 g/mol. The summed E-state index contributed by atoms with van der Waals surface area (Å²) in [6, 6.07) is 15.2. The summed E-state index contributed by atoms with van der Waals surface area (Å²) in [6.45, 7) is 3.74. The fraction of sp³-hybridized carbons (Fsp3) is 0.263. The molecule has 24 heavy (non-hydrogen) atoms. The minimum atomic E-state index is -0.167. The molecule has 1 atom stereocenters. The molecule has 0 saturated heterocycles. The smallest absolute Gasteiger partial charge is 0.238 e. The zero-order chi connectivity index (χ0) is 17.5. The van der Waals surface area contributed by atoms with Crippen LogP contribution in [-0.4, -0.2) is 18.2 Å². The molecule has 2 N–H and O–H groups in total. The lowest BCUT2D eigenvalue weighted by atomic mass is 10.0. The van der Waals surface area contributed by atoms with Crippen LogP contribution in [0.15, 0.2) is 53.0 Å². The number of ketones is 1. The van der Waals surface area contributed by atoms with Crippen molar-refractivity contribution in [1.29, 1.82) is 0 Å². The SMILES string of the molecule is CC[C@H](NCC(=O)Nc1ccccc1C(C)=O)c1ccc(Br)cc1. The summed E-state index contributed by atoms with van der Waals surface area (Å²) in [7, 11) is 0. The van der Waals surface area contributed by atoms with E-state index in [1.165, 1.54) is 6.92 Å². The van der Waals surface area contributed by atoms with Gasteiger partial charge >= 0.3 is 0 Å². The number of halogens is 1. The Labute approximate surface area is 150 Å². The van der Waals surface area contributed by atoms with Gasteiger partial charge in [0.05, 0.1) is 12.2 Å². The second-order valence-corrected chi connectivity index (χ2v) is 6.46. The third kappa shape index (κ3) is 5.01. The molecule has 0 aliphatic rings. The van der Waals surface area contributed by atoms with E-state index >= 15 is 0 Å². The van der Waals surface area contributed by atoms with E-state index in [4.69, 9.17) is 0 Å². The predicted octanol–water partition coefficient (Wildman–Crippen LogP) is 4.33. The Bertz CT molecular complexity index is 714. The van der Waals surface area contributed by atoms with Crippen LogP contribution >= 0.6 is 15.9 Å². The first-order valence-corrected chi connectivity index (χ1v) is 8.69. The van der Waals surface area contributed by atoms with Crippen molar-refractivity contribution < 1.29 is 9.59 Å². The molecule has 0 unspecified atom stereocenters. The van der Waals surface area contributed by atoms with Gasteiger partial charge in [-0.1, -0.05) is 47.1 Å². The first-order valence-electron chi connectivity index (χ1n) is 7.90. The molecule has 0 saturated carbocycles. The first kappa shape index (κ1) is 18.4. The third-order valence-corrected chi connectivity index (χ3v) is 4.30. The predicted molar refractivity (Wildman–Crippen MR) is 100 cm³/mol. The molecule has 0 aliphatic heterocycles. The highest BCUT2D eigenvalue weighted by Gasteiger charge is 2.13. The fourth-order valence-electron chi connectivity index (χ4n) is 2.50. The van der Waals surface area contributed by atoms with Crippen molar-refractivity contribution in [3.05, 3.63) is 64.1 Å². The molecule has 1 amide bonds. The molecule has 126 valence electrons. The maximum absolute atomic E-state index is 12.2. The van der Waals surface area contributed by atoms with Crippen LogP contribution in [0.5, 0.6) is 0 Å². The van der Waals surface area contributed by atoms with Crippen LogP contribution in [0.1, 0.15) is 42.2 Å². The normalized spacial score (nSPS) is 11.8. The highest BCUT2D eigenvalue weighted by Crippen LogP contribution is 2.19. The number of carbonyl (C=O) groups excluding carboxylic acids is 2. The lowest BCUT2D eigenvalue weighted by Crippen LogP contribution is -2.31. The van der Waals surface area contributed by atoms with Crippen molar-refractivity contribution in [2.75, 3.05) is 11.9 Å². The van der Waals surface area contributed by atoms with Crippen molar-refractivity contribution in [3.8, 4) is 0 Å². The number of carbonyl (C=O) groups is 2. The Kier molecular flexibility index (Phi) is 6.70. The number of rotatable bonds is 7. The van der Waals surface area contributed by atoms with Gasteiger partial charge in [0.2, 0.25) is 5.91 Å². The fourth-order valence-corrected chi connectivity index (χ4v) is 2.77. The molecule has 0 spiro atoms. The molecule has 4 nitrogen and oxygen atoms in total. The van der Waals surface area contributed by atoms with Gasteiger partial charge in [-0.05, 0) is 43.2 Å². The maximum Gasteiger partial charge on any atom is 0.238 e. The lowest BCUT2D eigenvalue weighted by Gasteiger charge is -2.17. The molecule has 5 heteroatoms. The summed E-state index contributed by atoms with van der Waals surface area (Å²) in [4.78, 5) is 23.8. The standard InChI is InChI=1S/C19H21BrN2O2/c1-3-17(14-8-10-15(20)11-9-14)21-12-19(24)22-18-7-5-4-6-16(18)13(2)23/h4-11,17,21H,3,12H2,1-2H3,(H,22,24)/t17-/m0/s1. The second-order valence-electron chi connectivity index (χ2n) is 5.54. The summed E-state index contributed by atoms with van der Waals surface area (Å²) < 4.78 is 1.03. The second kappa shape index (κ2) is 8.76. The first-order chi connectivity index (χ1) is 11.5. The zero-order valence-electron chi connectivity index (χ0n) is 13.8. The van der Waals surface area contributed by atoms with Crippen LogP contribution in [-0.2, 0) is 4.79 Å². The van der Waals surface area contributed by atoms with E-state index in [1.807, 2.05) is 24.3 Å². The monoisotopic (exact) mass is 388 g/mol. The number of Topliss-reactive ketones (excluding diaryl/α,β-unsaturated/α-hetero) is 1. The topological polar surface area (TPSA) is 58.2 Å². The minimum absolute atomic E-state index is 0.0693. The van der Waals surface area contributed by atoms with Gasteiger partial charge in [-0.15, -0.1) is 0 Å². The van der Waals surface area contributed by atoms with Crippen molar-refractivity contribution in [1.82, 2.24) is 5.32 Å². The summed E-state index contributed by atoms with van der Waals surface area (Å²) in [5.41, 5.74) is 2.21. The molecule has 2 aromatic carbocycles. The lowest BCUT2D eigenvalue weighted by molar-refractivity contribution is -0.115. The average Bonchev–Trinajstić information content (AvgIpc) is 2.57. The molecular weight excluding hydrogens is 368 g/mol. The largest absolute Gasteiger partial charge is 0.324 e. The van der Waals surface area contributed by atoms with Gasteiger partial charge in [0.25, 0.3) is 0 Å². The summed E-state index contributed by atoms with van der Waals surface area (Å²) in [5.74, 6) is -0.237. The van der Waals surface area contributed by atoms with E-state index in [1.54, 1.807) is 24.3 Å². The van der Waals surface area contributed by atoms with E-state index in [2.05, 4.69) is 33.5 Å². The molecule has 0 aromatic heterocycles. The number of hydrogen-bond donors (Lipinski definition) is 2. The number of hydrogen-bond acceptors (Lipinski definition) is 3. The van der Waals surface area contributed by atoms with Crippen LogP contribution in [0.2, 0.25) is 0 Å². The number of para-hydroxylation sites is 1. The Morgan fingerprint density at radius 2 is 1.75 bits per heavy atom. The van der Waals surface area contributed by atoms with Gasteiger partial charge < -0.3 is 10.6 Å². The number of anilines is 1. The molecule has 2 rings (SSSR count). The van der Waals surface area contributed by atoms with Crippen molar-refractivity contribution in [2.24, 2.45) is 0 Å². The molecule has 0 bridgehead atoms. The van der Waals surface area contributed by atoms with Crippen molar-refractivity contribution in [2.45, 2.75) is 26.3 Å². The Morgan fingerprint density at radius 1 is 1.08 bits per heavy atom. The van der Waals surface area contributed by atoms with Gasteiger partial charge in [0, 0.05) is 16.1 Å². The van der Waals surface area contributed by atoms with Gasteiger partial charge in [-0.2, -0.15) is 0 Å². The van der Waals surface area contributed by atoms with E-state index in [-0.39, 0.29) is 24.3 Å². The van der Waals surface area contributed by atoms with Gasteiger partial charge in [0.1, 0.15) is 0 Å². The van der Waals surface area contributed by atoms with Crippen LogP contribution in [0.4, 0.5) is 5.69 Å². The van der Waals surface area contributed by atoms with Crippen LogP contribution in [0.25, 0.3) is 0 Å². The Hall–Kier alpha value is -1.98. The van der Waals surface area contributed by atoms with Gasteiger partial charge in [-0.3, -0.25) is 9.59 Å². The number of nitrogens with one attached hydrogen (secondary N) is 2. The number of amides is 1. The van der Waals surface area contributed by atoms with E-state index in [9.17, 15) is 9.59 Å². The summed E-state index contributed by atoms with van der Waals surface area (Å²) >= 11 is 3.42. The van der Waals surface area contributed by atoms with Crippen molar-refractivity contribution in [3.63, 3.8) is 0 Å². The zero-order valence-corrected chi connectivity index (χ0v) is 15.4. The molecule has 0 fully saturated rings. The highest BCUT2D eigenvalue weighted by molar-refractivity contribution is 9.10. The van der Waals surface area contributed by atoms with Crippen LogP contribution < -0.4 is 10.6 Å². The van der Waals surface area contributed by atoms with Gasteiger partial charge in [-0.25, -0.2) is 0 Å². The highest BCUT2D eigenvalue weighted by atomic mass is 79.9. The van der Waals surface area contributed by atoms with Crippen LogP contribution in [0.3, 0.4) is 0 Å². The molecule has 0 heterocycles. The summed E-state index contributed by atoms with van der Waals surface area (Å²) in [5, 5.41) is 6.06. The van der Waals surface area contributed by atoms with Crippen LogP contribution in [0, 0.1) is 0 Å². The molecule has 0 radical (unpaired) electrons. The van der Waals surface area contributed by atoms with E-state index in [0.717, 1.165) is 16.5 Å². The molecule has 2 aromatic rings. The van der Waals surface area contributed by atoms with E-state index in [0.29, 0.717) is 11.3 Å². The van der Waals surface area contributed by atoms with Gasteiger partial charge in [0.15, 0.2) is 5.78 Å². The maximum atomic E-state index is 12.2. The minimum Gasteiger partial charge on any atom is -0.324 e. The summed E-state index contributed by atoms with van der Waals surface area (Å²) in [6.07, 6.45) is 0.874. The Balaban J connectivity index is 1.97. The molecule has 0 aliphatic carbocycles. The Morgan fingerprint density at radius 3 is 2.38 bits per heavy atom. The van der Waals surface area contributed by atoms with Crippen molar-refractivity contribution >= 4 is 33.3 Å². The van der Waals surface area contributed by atoms with E-state index < -0.39 is 0 Å². The molecular formula is C19H21BrN2O2. The quantitative estimate of drug-likeness (QED) is 0.693. The third-order valence-electron chi connectivity index (χ3n) is 3.77. The number of benzene rings is 2.